The van der Waals surface area contributed by atoms with Gasteiger partial charge in [0.25, 0.3) is 5.56 Å². The van der Waals surface area contributed by atoms with Crippen LogP contribution in [0.2, 0.25) is 0 Å². The van der Waals surface area contributed by atoms with E-state index in [4.69, 9.17) is 5.73 Å². The first-order valence-electron chi connectivity index (χ1n) is 12.4. The Morgan fingerprint density at radius 3 is 2.51 bits per heavy atom. The van der Waals surface area contributed by atoms with Gasteiger partial charge in [0, 0.05) is 19.1 Å². The molecule has 1 atom stereocenters. The van der Waals surface area contributed by atoms with E-state index in [0.717, 1.165) is 29.2 Å². The van der Waals surface area contributed by atoms with Gasteiger partial charge in [-0.2, -0.15) is 0 Å². The van der Waals surface area contributed by atoms with Gasteiger partial charge in [-0.05, 0) is 48.1 Å². The van der Waals surface area contributed by atoms with E-state index in [2.05, 4.69) is 48.4 Å². The van der Waals surface area contributed by atoms with Gasteiger partial charge in [-0.1, -0.05) is 63.6 Å². The molecule has 8 heteroatoms. The molecule has 3 aromatic rings. The smallest absolute Gasteiger partial charge is 0.330 e. The first-order valence-corrected chi connectivity index (χ1v) is 12.4. The molecule has 4 N–H and O–H groups in total. The number of hydrogen-bond acceptors (Lipinski definition) is 5. The lowest BCUT2D eigenvalue weighted by molar-refractivity contribution is -0.118. The van der Waals surface area contributed by atoms with Gasteiger partial charge in [0.2, 0.25) is 5.91 Å². The second kappa shape index (κ2) is 11.8. The molecule has 0 saturated heterocycles. The normalized spacial score (nSPS) is 12.3. The Kier molecular flexibility index (Phi) is 8.87. The monoisotopic (exact) mass is 479 g/mol. The topological polar surface area (TPSA) is 113 Å². The Bertz CT molecular complexity index is 1280. The summed E-state index contributed by atoms with van der Waals surface area (Å²) in [5.41, 5.74) is 6.22. The third kappa shape index (κ3) is 6.39. The summed E-state index contributed by atoms with van der Waals surface area (Å²) in [7, 11) is 0. The summed E-state index contributed by atoms with van der Waals surface area (Å²) in [5, 5.41) is 5.58. The van der Waals surface area contributed by atoms with Crippen LogP contribution >= 0.6 is 0 Å². The summed E-state index contributed by atoms with van der Waals surface area (Å²) in [6, 6.07) is 14.3. The molecule has 2 aromatic carbocycles. The molecular formula is C27H37N5O3. The molecule has 0 saturated carbocycles. The SMILES string of the molecule is CCCCn1c(N)c(N(CCC(C)C)C(=O)CN[C@H](C)c2ccc3ccccc3c2)c(=O)[nH]c1=O. The Morgan fingerprint density at radius 1 is 1.11 bits per heavy atom. The highest BCUT2D eigenvalue weighted by atomic mass is 16.2. The summed E-state index contributed by atoms with van der Waals surface area (Å²) in [6.07, 6.45) is 2.30. The number of H-pyrrole nitrogens is 1. The molecule has 0 aliphatic rings. The summed E-state index contributed by atoms with van der Waals surface area (Å²) < 4.78 is 1.35. The molecule has 35 heavy (non-hydrogen) atoms. The number of aromatic amines is 1. The minimum absolute atomic E-state index is 0.0268. The van der Waals surface area contributed by atoms with Crippen molar-refractivity contribution in [3.05, 3.63) is 68.9 Å². The van der Waals surface area contributed by atoms with Crippen LogP contribution in [0.4, 0.5) is 11.5 Å². The number of anilines is 2. The zero-order valence-electron chi connectivity index (χ0n) is 21.1. The molecule has 0 unspecified atom stereocenters. The molecule has 1 aromatic heterocycles. The van der Waals surface area contributed by atoms with Crippen molar-refractivity contribution in [1.82, 2.24) is 14.9 Å². The highest BCUT2D eigenvalue weighted by Gasteiger charge is 2.24. The van der Waals surface area contributed by atoms with Crippen LogP contribution in [0, 0.1) is 5.92 Å². The lowest BCUT2D eigenvalue weighted by atomic mass is 10.0. The largest absolute Gasteiger partial charge is 0.383 e. The molecule has 188 valence electrons. The van der Waals surface area contributed by atoms with Gasteiger partial charge in [0.05, 0.1) is 6.54 Å². The van der Waals surface area contributed by atoms with E-state index in [1.165, 1.54) is 9.47 Å². The number of rotatable bonds is 11. The minimum atomic E-state index is -0.639. The highest BCUT2D eigenvalue weighted by Crippen LogP contribution is 2.21. The summed E-state index contributed by atoms with van der Waals surface area (Å²) >= 11 is 0. The van der Waals surface area contributed by atoms with Gasteiger partial charge in [-0.25, -0.2) is 4.79 Å². The van der Waals surface area contributed by atoms with Crippen LogP contribution in [0.5, 0.6) is 0 Å². The van der Waals surface area contributed by atoms with Crippen LogP contribution in [0.25, 0.3) is 10.8 Å². The third-order valence-electron chi connectivity index (χ3n) is 6.28. The van der Waals surface area contributed by atoms with Crippen molar-refractivity contribution in [2.45, 2.75) is 59.5 Å². The predicted octanol–water partition coefficient (Wildman–Crippen LogP) is 3.80. The van der Waals surface area contributed by atoms with Crippen LogP contribution in [-0.2, 0) is 11.3 Å². The number of amides is 1. The van der Waals surface area contributed by atoms with Crippen molar-refractivity contribution in [3.8, 4) is 0 Å². The summed E-state index contributed by atoms with van der Waals surface area (Å²) in [4.78, 5) is 42.3. The highest BCUT2D eigenvalue weighted by molar-refractivity contribution is 5.96. The Balaban J connectivity index is 1.84. The van der Waals surface area contributed by atoms with Gasteiger partial charge < -0.3 is 16.0 Å². The molecule has 0 radical (unpaired) electrons. The first-order chi connectivity index (χ1) is 16.7. The van der Waals surface area contributed by atoms with Gasteiger partial charge in [0.15, 0.2) is 5.69 Å². The van der Waals surface area contributed by atoms with E-state index in [0.29, 0.717) is 25.4 Å². The van der Waals surface area contributed by atoms with E-state index in [1.54, 1.807) is 0 Å². The van der Waals surface area contributed by atoms with Crippen LogP contribution in [0.3, 0.4) is 0 Å². The number of nitrogens with one attached hydrogen (secondary N) is 2. The minimum Gasteiger partial charge on any atom is -0.383 e. The van der Waals surface area contributed by atoms with Crippen LogP contribution in [0.15, 0.2) is 52.1 Å². The van der Waals surface area contributed by atoms with Crippen molar-refractivity contribution >= 4 is 28.2 Å². The van der Waals surface area contributed by atoms with Gasteiger partial charge in [-0.15, -0.1) is 0 Å². The third-order valence-corrected chi connectivity index (χ3v) is 6.28. The van der Waals surface area contributed by atoms with Crippen molar-refractivity contribution in [3.63, 3.8) is 0 Å². The zero-order chi connectivity index (χ0) is 25.5. The number of nitrogens with zero attached hydrogens (tertiary/aromatic N) is 2. The number of unbranched alkanes of at least 4 members (excludes halogenated alkanes) is 1. The fourth-order valence-corrected chi connectivity index (χ4v) is 4.06. The maximum Gasteiger partial charge on any atom is 0.330 e. The van der Waals surface area contributed by atoms with Crippen molar-refractivity contribution in [1.29, 1.82) is 0 Å². The van der Waals surface area contributed by atoms with Crippen molar-refractivity contribution in [2.75, 3.05) is 23.7 Å². The van der Waals surface area contributed by atoms with Gasteiger partial charge >= 0.3 is 5.69 Å². The van der Waals surface area contributed by atoms with Crippen LogP contribution in [0.1, 0.15) is 58.6 Å². The standard InChI is InChI=1S/C27H37N5O3/c1-5-6-14-32-25(28)24(26(34)30-27(32)35)31(15-13-18(2)3)23(33)17-29-19(4)21-12-11-20-9-7-8-10-22(20)16-21/h7-12,16,18-19,29H,5-6,13-15,17,28H2,1-4H3,(H,30,34,35)/t19-/m1/s1. The van der Waals surface area contributed by atoms with E-state index in [1.807, 2.05) is 32.0 Å². The second-order valence-corrected chi connectivity index (χ2v) is 9.44. The number of aromatic nitrogens is 2. The summed E-state index contributed by atoms with van der Waals surface area (Å²) in [5.74, 6) is 0.0872. The van der Waals surface area contributed by atoms with Gasteiger partial charge in [-0.3, -0.25) is 19.1 Å². The fourth-order valence-electron chi connectivity index (χ4n) is 4.06. The number of hydrogen-bond donors (Lipinski definition) is 3. The number of nitrogens with two attached hydrogens (primary N) is 1. The zero-order valence-corrected chi connectivity index (χ0v) is 21.1. The number of carbonyl (C=O) groups excluding carboxylic acids is 1. The molecule has 1 heterocycles. The Labute approximate surface area is 206 Å². The molecule has 0 aliphatic carbocycles. The maximum absolute atomic E-state index is 13.4. The maximum atomic E-state index is 13.4. The van der Waals surface area contributed by atoms with E-state index in [9.17, 15) is 14.4 Å². The summed E-state index contributed by atoms with van der Waals surface area (Å²) in [6.45, 7) is 8.86. The number of carbonyl (C=O) groups is 1. The average molecular weight is 480 g/mol. The lowest BCUT2D eigenvalue weighted by Crippen LogP contribution is -2.45. The molecule has 0 spiro atoms. The number of fused-ring (bicyclic) bond motifs is 1. The molecular weight excluding hydrogens is 442 g/mol. The second-order valence-electron chi connectivity index (χ2n) is 9.44. The van der Waals surface area contributed by atoms with Gasteiger partial charge in [0.1, 0.15) is 5.82 Å². The quantitative estimate of drug-likeness (QED) is 0.387. The van der Waals surface area contributed by atoms with E-state index in [-0.39, 0.29) is 30.0 Å². The lowest BCUT2D eigenvalue weighted by Gasteiger charge is -2.26. The molecule has 0 fully saturated rings. The first kappa shape index (κ1) is 26.2. The van der Waals surface area contributed by atoms with Crippen molar-refractivity contribution in [2.24, 2.45) is 5.92 Å². The number of benzene rings is 2. The van der Waals surface area contributed by atoms with E-state index >= 15 is 0 Å². The Morgan fingerprint density at radius 2 is 1.83 bits per heavy atom. The Hall–Kier alpha value is -3.39. The molecule has 3 rings (SSSR count). The number of nitrogen functional groups attached to an aromatic ring is 1. The predicted molar refractivity (Wildman–Crippen MR) is 143 cm³/mol. The molecule has 0 bridgehead atoms. The van der Waals surface area contributed by atoms with E-state index < -0.39 is 11.2 Å². The molecule has 1 amide bonds. The molecule has 8 nitrogen and oxygen atoms in total. The van der Waals surface area contributed by atoms with Crippen LogP contribution in [-0.4, -0.2) is 28.5 Å². The average Bonchev–Trinajstić information content (AvgIpc) is 2.83. The van der Waals surface area contributed by atoms with Crippen molar-refractivity contribution < 1.29 is 4.79 Å². The van der Waals surface area contributed by atoms with Crippen LogP contribution < -0.4 is 27.2 Å². The fraction of sp³-hybridized carbons (Fsp3) is 0.444. The molecule has 0 aliphatic heterocycles.